The van der Waals surface area contributed by atoms with Crippen LogP contribution in [-0.4, -0.2) is 31.7 Å². The largest absolute Gasteiger partial charge is 0.280 e. The van der Waals surface area contributed by atoms with Crippen LogP contribution >= 0.6 is 0 Å². The molecule has 3 aromatic rings. The van der Waals surface area contributed by atoms with E-state index < -0.39 is 10.0 Å². The topological polar surface area (TPSA) is 57.7 Å². The molecule has 1 saturated heterocycles. The van der Waals surface area contributed by atoms with Crippen LogP contribution in [0, 0.1) is 12.8 Å². The number of carbonyl (C=O) groups is 1. The molecule has 2 heterocycles. The predicted octanol–water partition coefficient (Wildman–Crippen LogP) is 5.25. The van der Waals surface area contributed by atoms with Crippen molar-refractivity contribution in [2.45, 2.75) is 37.0 Å². The van der Waals surface area contributed by atoms with Crippen molar-refractivity contribution < 1.29 is 13.2 Å². The number of benzene rings is 3. The Morgan fingerprint density at radius 1 is 0.848 bits per heavy atom. The number of hydrogen-bond acceptors (Lipinski definition) is 3. The van der Waals surface area contributed by atoms with E-state index in [-0.39, 0.29) is 11.8 Å². The predicted molar refractivity (Wildman–Crippen MR) is 130 cm³/mol. The summed E-state index contributed by atoms with van der Waals surface area (Å²) in [4.78, 5) is 15.7. The summed E-state index contributed by atoms with van der Waals surface area (Å²) in [5.41, 5.74) is 3.95. The van der Waals surface area contributed by atoms with Crippen LogP contribution in [0.3, 0.4) is 0 Å². The molecule has 0 aromatic heterocycles. The van der Waals surface area contributed by atoms with Gasteiger partial charge >= 0.3 is 0 Å². The molecule has 1 unspecified atom stereocenters. The SMILES string of the molecule is Cc1ccc(S(=O)(=O)N2CCC(CC3C(=O)N(c4ccccc4)c4ccccc43)CC2)cc1. The van der Waals surface area contributed by atoms with Gasteiger partial charge in [0, 0.05) is 18.8 Å². The number of carbonyl (C=O) groups excluding carboxylic acids is 1. The van der Waals surface area contributed by atoms with Crippen molar-refractivity contribution in [1.82, 2.24) is 4.31 Å². The summed E-state index contributed by atoms with van der Waals surface area (Å²) in [7, 11) is -3.48. The number of rotatable bonds is 5. The molecule has 1 fully saturated rings. The highest BCUT2D eigenvalue weighted by Gasteiger charge is 2.40. The maximum atomic E-state index is 13.5. The van der Waals surface area contributed by atoms with E-state index in [1.165, 1.54) is 0 Å². The number of nitrogens with zero attached hydrogens (tertiary/aromatic N) is 2. The van der Waals surface area contributed by atoms with E-state index in [9.17, 15) is 13.2 Å². The molecule has 0 N–H and O–H groups in total. The monoisotopic (exact) mass is 460 g/mol. The Morgan fingerprint density at radius 3 is 2.18 bits per heavy atom. The highest BCUT2D eigenvalue weighted by molar-refractivity contribution is 7.89. The third kappa shape index (κ3) is 4.09. The quantitative estimate of drug-likeness (QED) is 0.523. The van der Waals surface area contributed by atoms with Crippen molar-refractivity contribution in [2.24, 2.45) is 5.92 Å². The number of fused-ring (bicyclic) bond motifs is 1. The molecule has 5 nitrogen and oxygen atoms in total. The Hall–Kier alpha value is -2.96. The van der Waals surface area contributed by atoms with Crippen molar-refractivity contribution in [2.75, 3.05) is 18.0 Å². The molecule has 170 valence electrons. The molecule has 5 rings (SSSR count). The zero-order chi connectivity index (χ0) is 23.0. The van der Waals surface area contributed by atoms with Crippen molar-refractivity contribution >= 4 is 27.3 Å². The third-order valence-corrected chi connectivity index (χ3v) is 8.80. The van der Waals surface area contributed by atoms with E-state index in [2.05, 4.69) is 6.07 Å². The van der Waals surface area contributed by atoms with Crippen LogP contribution in [0.4, 0.5) is 11.4 Å². The average molecular weight is 461 g/mol. The van der Waals surface area contributed by atoms with E-state index in [1.807, 2.05) is 72.5 Å². The maximum Gasteiger partial charge on any atom is 0.243 e. The second kappa shape index (κ2) is 8.76. The minimum atomic E-state index is -3.48. The summed E-state index contributed by atoms with van der Waals surface area (Å²) in [6.45, 7) is 2.93. The summed E-state index contributed by atoms with van der Waals surface area (Å²) < 4.78 is 27.7. The highest BCUT2D eigenvalue weighted by atomic mass is 32.2. The first-order valence-corrected chi connectivity index (χ1v) is 12.9. The van der Waals surface area contributed by atoms with Crippen LogP contribution in [0.2, 0.25) is 0 Å². The molecular formula is C27H28N2O3S. The smallest absolute Gasteiger partial charge is 0.243 e. The molecule has 1 atom stereocenters. The van der Waals surface area contributed by atoms with E-state index in [1.54, 1.807) is 16.4 Å². The lowest BCUT2D eigenvalue weighted by Crippen LogP contribution is -2.39. The van der Waals surface area contributed by atoms with Gasteiger partial charge in [0.1, 0.15) is 0 Å². The zero-order valence-corrected chi connectivity index (χ0v) is 19.5. The standard InChI is InChI=1S/C27H28N2O3S/c1-20-11-13-23(14-12-20)33(31,32)28-17-15-21(16-18-28)19-25-24-9-5-6-10-26(24)29(27(25)30)22-7-3-2-4-8-22/h2-14,21,25H,15-19H2,1H3. The van der Waals surface area contributed by atoms with Gasteiger partial charge < -0.3 is 0 Å². The van der Waals surface area contributed by atoms with Gasteiger partial charge in [-0.3, -0.25) is 9.69 Å². The summed E-state index contributed by atoms with van der Waals surface area (Å²) in [5.74, 6) is 0.232. The number of para-hydroxylation sites is 2. The van der Waals surface area contributed by atoms with E-state index >= 15 is 0 Å². The molecular weight excluding hydrogens is 432 g/mol. The fourth-order valence-corrected chi connectivity index (χ4v) is 6.51. The van der Waals surface area contributed by atoms with Gasteiger partial charge in [-0.05, 0) is 68.0 Å². The number of sulfonamides is 1. The first kappa shape index (κ1) is 21.9. The Morgan fingerprint density at radius 2 is 1.48 bits per heavy atom. The molecule has 2 aliphatic rings. The fourth-order valence-electron chi connectivity index (χ4n) is 5.04. The summed E-state index contributed by atoms with van der Waals surface area (Å²) in [6.07, 6.45) is 2.28. The zero-order valence-electron chi connectivity index (χ0n) is 18.7. The van der Waals surface area contributed by atoms with Gasteiger partial charge in [-0.2, -0.15) is 4.31 Å². The summed E-state index contributed by atoms with van der Waals surface area (Å²) >= 11 is 0. The Bertz CT molecular complexity index is 1250. The number of anilines is 2. The second-order valence-corrected chi connectivity index (χ2v) is 11.0. The molecule has 2 aliphatic heterocycles. The van der Waals surface area contributed by atoms with Crippen molar-refractivity contribution in [3.8, 4) is 0 Å². The normalized spacial score (nSPS) is 19.6. The molecule has 0 spiro atoms. The summed E-state index contributed by atoms with van der Waals surface area (Å²) in [6, 6.07) is 24.8. The Labute approximate surface area is 195 Å². The van der Waals surface area contributed by atoms with E-state index in [0.717, 1.165) is 41.8 Å². The van der Waals surface area contributed by atoms with Gasteiger partial charge in [-0.1, -0.05) is 54.1 Å². The van der Waals surface area contributed by atoms with Gasteiger partial charge in [0.25, 0.3) is 0 Å². The molecule has 0 saturated carbocycles. The molecule has 3 aromatic carbocycles. The summed E-state index contributed by atoms with van der Waals surface area (Å²) in [5, 5.41) is 0. The van der Waals surface area contributed by atoms with Crippen molar-refractivity contribution in [3.05, 3.63) is 90.0 Å². The van der Waals surface area contributed by atoms with Crippen LogP contribution in [0.15, 0.2) is 83.8 Å². The second-order valence-electron chi connectivity index (χ2n) is 9.02. The molecule has 1 amide bonds. The molecule has 6 heteroatoms. The lowest BCUT2D eigenvalue weighted by Gasteiger charge is -2.32. The van der Waals surface area contributed by atoms with Gasteiger partial charge in [0.2, 0.25) is 15.9 Å². The van der Waals surface area contributed by atoms with Gasteiger partial charge in [-0.25, -0.2) is 8.42 Å². The van der Waals surface area contributed by atoms with Crippen LogP contribution in [0.5, 0.6) is 0 Å². The first-order valence-electron chi connectivity index (χ1n) is 11.5. The number of hydrogen-bond donors (Lipinski definition) is 0. The minimum Gasteiger partial charge on any atom is -0.280 e. The van der Waals surface area contributed by atoms with E-state index in [0.29, 0.717) is 23.9 Å². The van der Waals surface area contributed by atoms with Crippen LogP contribution in [0.1, 0.15) is 36.3 Å². The molecule has 33 heavy (non-hydrogen) atoms. The average Bonchev–Trinajstić information content (AvgIpc) is 3.11. The third-order valence-electron chi connectivity index (χ3n) is 6.89. The lowest BCUT2D eigenvalue weighted by molar-refractivity contribution is -0.119. The molecule has 0 bridgehead atoms. The van der Waals surface area contributed by atoms with Crippen LogP contribution in [0.25, 0.3) is 0 Å². The highest BCUT2D eigenvalue weighted by Crippen LogP contribution is 2.45. The lowest BCUT2D eigenvalue weighted by atomic mass is 9.85. The van der Waals surface area contributed by atoms with Crippen LogP contribution < -0.4 is 4.90 Å². The maximum absolute atomic E-state index is 13.5. The molecule has 0 radical (unpaired) electrons. The van der Waals surface area contributed by atoms with Gasteiger partial charge in [-0.15, -0.1) is 0 Å². The first-order chi connectivity index (χ1) is 15.9. The Kier molecular flexibility index (Phi) is 5.81. The van der Waals surface area contributed by atoms with E-state index in [4.69, 9.17) is 0 Å². The van der Waals surface area contributed by atoms with Crippen LogP contribution in [-0.2, 0) is 14.8 Å². The fraction of sp³-hybridized carbons (Fsp3) is 0.296. The van der Waals surface area contributed by atoms with Gasteiger partial charge in [0.15, 0.2) is 0 Å². The number of amides is 1. The molecule has 0 aliphatic carbocycles. The van der Waals surface area contributed by atoms with Crippen molar-refractivity contribution in [3.63, 3.8) is 0 Å². The minimum absolute atomic E-state index is 0.108. The number of aryl methyl sites for hydroxylation is 1. The van der Waals surface area contributed by atoms with Gasteiger partial charge in [0.05, 0.1) is 16.5 Å². The van der Waals surface area contributed by atoms with Crippen molar-refractivity contribution in [1.29, 1.82) is 0 Å². The number of piperidine rings is 1. The Balaban J connectivity index is 1.30.